The molecule has 3 rings (SSSR count). The quantitative estimate of drug-likeness (QED) is 0.895. The standard InChI is InChI=1S/C19H21F2N3O/c1-12(14-8-9-15(20)16(21)10-14)24(2)19(25)18-11-17(22-23-18)13-6-4-3-5-7-13/h3-10,12,17-18,22-23H,11H2,1-2H3. The Morgan fingerprint density at radius 3 is 2.52 bits per heavy atom. The lowest BCUT2D eigenvalue weighted by Crippen LogP contribution is -2.44. The molecule has 25 heavy (non-hydrogen) atoms. The van der Waals surface area contributed by atoms with Gasteiger partial charge in [0.15, 0.2) is 11.6 Å². The van der Waals surface area contributed by atoms with Gasteiger partial charge in [-0.25, -0.2) is 19.6 Å². The number of amides is 1. The Morgan fingerprint density at radius 1 is 1.12 bits per heavy atom. The van der Waals surface area contributed by atoms with Crippen molar-refractivity contribution in [1.29, 1.82) is 0 Å². The highest BCUT2D eigenvalue weighted by molar-refractivity contribution is 5.82. The van der Waals surface area contributed by atoms with E-state index in [4.69, 9.17) is 0 Å². The molecule has 3 unspecified atom stereocenters. The third-order valence-corrected chi connectivity index (χ3v) is 4.76. The molecule has 0 aliphatic carbocycles. The van der Waals surface area contributed by atoms with Gasteiger partial charge in [-0.05, 0) is 36.6 Å². The summed E-state index contributed by atoms with van der Waals surface area (Å²) in [6.45, 7) is 1.79. The lowest BCUT2D eigenvalue weighted by molar-refractivity contribution is -0.133. The van der Waals surface area contributed by atoms with Crippen molar-refractivity contribution in [2.45, 2.75) is 31.5 Å². The van der Waals surface area contributed by atoms with Gasteiger partial charge in [-0.3, -0.25) is 4.79 Å². The molecular formula is C19H21F2N3O. The SMILES string of the molecule is CC(c1ccc(F)c(F)c1)N(C)C(=O)C1CC(c2ccccc2)NN1. The van der Waals surface area contributed by atoms with E-state index >= 15 is 0 Å². The van der Waals surface area contributed by atoms with Gasteiger partial charge in [0, 0.05) is 13.1 Å². The van der Waals surface area contributed by atoms with Crippen LogP contribution in [0.3, 0.4) is 0 Å². The van der Waals surface area contributed by atoms with Crippen LogP contribution in [0.1, 0.15) is 36.6 Å². The molecule has 3 atom stereocenters. The topological polar surface area (TPSA) is 44.4 Å². The number of hydrogen-bond acceptors (Lipinski definition) is 3. The third kappa shape index (κ3) is 3.70. The van der Waals surface area contributed by atoms with Crippen LogP contribution in [0.15, 0.2) is 48.5 Å². The number of nitrogens with zero attached hydrogens (tertiary/aromatic N) is 1. The molecule has 2 N–H and O–H groups in total. The molecular weight excluding hydrogens is 324 g/mol. The van der Waals surface area contributed by atoms with E-state index in [-0.39, 0.29) is 24.0 Å². The van der Waals surface area contributed by atoms with Crippen LogP contribution in [-0.2, 0) is 4.79 Å². The van der Waals surface area contributed by atoms with Gasteiger partial charge in [0.05, 0.1) is 6.04 Å². The average molecular weight is 345 g/mol. The maximum absolute atomic E-state index is 13.4. The van der Waals surface area contributed by atoms with Crippen molar-refractivity contribution in [2.24, 2.45) is 0 Å². The summed E-state index contributed by atoms with van der Waals surface area (Å²) < 4.78 is 26.5. The molecule has 1 fully saturated rings. The molecule has 132 valence electrons. The fourth-order valence-electron chi connectivity index (χ4n) is 3.05. The zero-order chi connectivity index (χ0) is 18.0. The Kier molecular flexibility index (Phi) is 5.11. The van der Waals surface area contributed by atoms with E-state index in [9.17, 15) is 13.6 Å². The van der Waals surface area contributed by atoms with Gasteiger partial charge in [0.1, 0.15) is 6.04 Å². The summed E-state index contributed by atoms with van der Waals surface area (Å²) in [4.78, 5) is 14.3. The maximum Gasteiger partial charge on any atom is 0.241 e. The Morgan fingerprint density at radius 2 is 1.84 bits per heavy atom. The molecule has 1 aliphatic heterocycles. The van der Waals surface area contributed by atoms with Gasteiger partial charge in [-0.2, -0.15) is 0 Å². The third-order valence-electron chi connectivity index (χ3n) is 4.76. The van der Waals surface area contributed by atoms with Crippen molar-refractivity contribution in [3.63, 3.8) is 0 Å². The average Bonchev–Trinajstić information content (AvgIpc) is 3.13. The number of rotatable bonds is 4. The number of hydrazine groups is 1. The molecule has 0 spiro atoms. The number of nitrogens with one attached hydrogen (secondary N) is 2. The van der Waals surface area contributed by atoms with E-state index in [1.54, 1.807) is 18.9 Å². The Hall–Kier alpha value is -2.31. The Labute approximate surface area is 145 Å². The van der Waals surface area contributed by atoms with Crippen LogP contribution in [0.25, 0.3) is 0 Å². The minimum absolute atomic E-state index is 0.0575. The molecule has 0 aromatic heterocycles. The summed E-state index contributed by atoms with van der Waals surface area (Å²) >= 11 is 0. The highest BCUT2D eigenvalue weighted by atomic mass is 19.2. The lowest BCUT2D eigenvalue weighted by atomic mass is 10.0. The zero-order valence-electron chi connectivity index (χ0n) is 14.2. The second-order valence-electron chi connectivity index (χ2n) is 6.34. The fraction of sp³-hybridized carbons (Fsp3) is 0.316. The van der Waals surface area contributed by atoms with Crippen molar-refractivity contribution >= 4 is 5.91 Å². The molecule has 4 nitrogen and oxygen atoms in total. The number of benzene rings is 2. The molecule has 2 aromatic carbocycles. The molecule has 1 amide bonds. The second-order valence-corrected chi connectivity index (χ2v) is 6.34. The van der Waals surface area contributed by atoms with Crippen molar-refractivity contribution in [3.05, 3.63) is 71.3 Å². The highest BCUT2D eigenvalue weighted by Gasteiger charge is 2.33. The number of halogens is 2. The van der Waals surface area contributed by atoms with Gasteiger partial charge < -0.3 is 4.90 Å². The van der Waals surface area contributed by atoms with Crippen molar-refractivity contribution in [2.75, 3.05) is 7.05 Å². The van der Waals surface area contributed by atoms with Gasteiger partial charge in [0.2, 0.25) is 5.91 Å². The molecule has 1 heterocycles. The number of hydrogen-bond donors (Lipinski definition) is 2. The van der Waals surface area contributed by atoms with Crippen LogP contribution in [-0.4, -0.2) is 23.9 Å². The van der Waals surface area contributed by atoms with Gasteiger partial charge >= 0.3 is 0 Å². The van der Waals surface area contributed by atoms with Crippen molar-refractivity contribution in [3.8, 4) is 0 Å². The van der Waals surface area contributed by atoms with E-state index in [1.807, 2.05) is 30.3 Å². The van der Waals surface area contributed by atoms with Crippen LogP contribution in [0, 0.1) is 11.6 Å². The summed E-state index contributed by atoms with van der Waals surface area (Å²) in [6, 6.07) is 12.9. The fourth-order valence-corrected chi connectivity index (χ4v) is 3.05. The Balaban J connectivity index is 1.67. The van der Waals surface area contributed by atoms with E-state index in [2.05, 4.69) is 10.9 Å². The van der Waals surface area contributed by atoms with Gasteiger partial charge in [-0.15, -0.1) is 0 Å². The molecule has 0 radical (unpaired) electrons. The maximum atomic E-state index is 13.4. The molecule has 1 saturated heterocycles. The van der Waals surface area contributed by atoms with Crippen LogP contribution in [0.2, 0.25) is 0 Å². The highest BCUT2D eigenvalue weighted by Crippen LogP contribution is 2.26. The normalized spacial score (nSPS) is 21.1. The van der Waals surface area contributed by atoms with Gasteiger partial charge in [-0.1, -0.05) is 36.4 Å². The molecule has 6 heteroatoms. The molecule has 0 bridgehead atoms. The van der Waals surface area contributed by atoms with Gasteiger partial charge in [0.25, 0.3) is 0 Å². The smallest absolute Gasteiger partial charge is 0.241 e. The number of carbonyl (C=O) groups is 1. The second kappa shape index (κ2) is 7.29. The summed E-state index contributed by atoms with van der Waals surface area (Å²) in [6.07, 6.45) is 0.623. The van der Waals surface area contributed by atoms with Crippen LogP contribution >= 0.6 is 0 Å². The predicted octanol–water partition coefficient (Wildman–Crippen LogP) is 3.09. The van der Waals surface area contributed by atoms with Crippen LogP contribution < -0.4 is 10.9 Å². The molecule has 0 saturated carbocycles. The number of carbonyl (C=O) groups excluding carboxylic acids is 1. The molecule has 2 aromatic rings. The predicted molar refractivity (Wildman–Crippen MR) is 91.4 cm³/mol. The van der Waals surface area contributed by atoms with E-state index in [0.717, 1.165) is 17.7 Å². The Bertz CT molecular complexity index is 754. The van der Waals surface area contributed by atoms with Crippen molar-refractivity contribution in [1.82, 2.24) is 15.8 Å². The lowest BCUT2D eigenvalue weighted by Gasteiger charge is -2.27. The van der Waals surface area contributed by atoms with E-state index in [1.165, 1.54) is 6.07 Å². The zero-order valence-corrected chi connectivity index (χ0v) is 14.2. The van der Waals surface area contributed by atoms with Crippen molar-refractivity contribution < 1.29 is 13.6 Å². The van der Waals surface area contributed by atoms with E-state index in [0.29, 0.717) is 12.0 Å². The minimum atomic E-state index is -0.907. The summed E-state index contributed by atoms with van der Waals surface area (Å²) in [7, 11) is 1.67. The first-order chi connectivity index (χ1) is 12.0. The van der Waals surface area contributed by atoms with E-state index < -0.39 is 11.6 Å². The first-order valence-corrected chi connectivity index (χ1v) is 8.25. The largest absolute Gasteiger partial charge is 0.338 e. The minimum Gasteiger partial charge on any atom is -0.338 e. The molecule has 1 aliphatic rings. The summed E-state index contributed by atoms with van der Waals surface area (Å²) in [5.41, 5.74) is 7.85. The monoisotopic (exact) mass is 345 g/mol. The summed E-state index contributed by atoms with van der Waals surface area (Å²) in [5.74, 6) is -1.89. The van der Waals surface area contributed by atoms with Crippen LogP contribution in [0.4, 0.5) is 8.78 Å². The van der Waals surface area contributed by atoms with Crippen LogP contribution in [0.5, 0.6) is 0 Å². The first kappa shape index (κ1) is 17.5. The first-order valence-electron chi connectivity index (χ1n) is 8.25. The number of likely N-dealkylation sites (N-methyl/N-ethyl adjacent to an activating group) is 1. The summed E-state index contributed by atoms with van der Waals surface area (Å²) in [5, 5.41) is 0.